The van der Waals surface area contributed by atoms with E-state index in [0.29, 0.717) is 54.5 Å². The molecule has 12 N–H and O–H groups in total. The first-order chi connectivity index (χ1) is 35.2. The first kappa shape index (κ1) is 60.1. The molecule has 27 heteroatoms. The number of nitrogens with one attached hydrogen (secondary N) is 4. The van der Waals surface area contributed by atoms with Crippen LogP contribution in [0, 0.1) is 0 Å². The number of nitrogens with two attached hydrogens (primary N) is 1. The molecule has 2 aliphatic rings. The number of fused-ring (bicyclic) bond motifs is 1. The van der Waals surface area contributed by atoms with Gasteiger partial charge in [-0.2, -0.15) is 0 Å². The SMILES string of the molecule is CN(C)C(N)=NCCCC(NC(=O)CN1CCN(CC(=O)O)CCN(CC(=O)O)CCN(CC(=O)O)CC1)C(=O)NCCCCCNC(=O)c1ccc(C(=O)NCC(=O)N2CC(O)CC2B(O)O)c2ccccc12. The van der Waals surface area contributed by atoms with Crippen LogP contribution >= 0.6 is 0 Å². The molecule has 408 valence electrons. The van der Waals surface area contributed by atoms with Gasteiger partial charge in [-0.15, -0.1) is 0 Å². The summed E-state index contributed by atoms with van der Waals surface area (Å²) < 4.78 is 0. The average molecular weight is 1040 g/mol. The molecular weight excluding hydrogens is 967 g/mol. The van der Waals surface area contributed by atoms with Gasteiger partial charge in [-0.1, -0.05) is 24.3 Å². The third-order valence-electron chi connectivity index (χ3n) is 12.6. The lowest BCUT2D eigenvalue weighted by Gasteiger charge is -2.33. The lowest BCUT2D eigenvalue weighted by Crippen LogP contribution is -2.52. The van der Waals surface area contributed by atoms with Gasteiger partial charge in [-0.3, -0.25) is 62.9 Å². The lowest BCUT2D eigenvalue weighted by atomic mass is 9.77. The van der Waals surface area contributed by atoms with Crippen LogP contribution < -0.4 is 27.0 Å². The third-order valence-corrected chi connectivity index (χ3v) is 12.6. The van der Waals surface area contributed by atoms with Crippen molar-refractivity contribution in [1.29, 1.82) is 0 Å². The van der Waals surface area contributed by atoms with E-state index in [1.54, 1.807) is 62.9 Å². The molecule has 2 aliphatic heterocycles. The molecule has 2 fully saturated rings. The monoisotopic (exact) mass is 1040 g/mol. The first-order valence-corrected chi connectivity index (χ1v) is 24.7. The first-order valence-electron chi connectivity index (χ1n) is 24.7. The van der Waals surface area contributed by atoms with Crippen LogP contribution in [0.15, 0.2) is 41.4 Å². The van der Waals surface area contributed by atoms with Crippen LogP contribution in [0.25, 0.3) is 10.8 Å². The van der Waals surface area contributed by atoms with Crippen LogP contribution in [-0.2, 0) is 28.8 Å². The van der Waals surface area contributed by atoms with Crippen LogP contribution in [0.2, 0.25) is 0 Å². The fourth-order valence-corrected chi connectivity index (χ4v) is 8.65. The zero-order valence-corrected chi connectivity index (χ0v) is 42.2. The number of hydrogen-bond acceptors (Lipinski definition) is 16. The number of aliphatic carboxylic acids is 3. The van der Waals surface area contributed by atoms with Crippen LogP contribution in [-0.4, -0.2) is 264 Å². The number of carbonyl (C=O) groups is 8. The van der Waals surface area contributed by atoms with Crippen LogP contribution in [0.5, 0.6) is 0 Å². The number of amides is 5. The maximum atomic E-state index is 13.7. The highest BCUT2D eigenvalue weighted by Crippen LogP contribution is 2.24. The molecule has 2 aromatic rings. The van der Waals surface area contributed by atoms with E-state index in [-0.39, 0.29) is 122 Å². The van der Waals surface area contributed by atoms with E-state index in [9.17, 15) is 68.8 Å². The third kappa shape index (κ3) is 20.4. The molecule has 2 heterocycles. The molecule has 3 unspecified atom stereocenters. The van der Waals surface area contributed by atoms with E-state index < -0.39 is 73.3 Å². The van der Waals surface area contributed by atoms with Crippen LogP contribution in [0.4, 0.5) is 0 Å². The Labute approximate surface area is 430 Å². The molecule has 3 atom stereocenters. The highest BCUT2D eigenvalue weighted by Gasteiger charge is 2.41. The molecule has 2 aromatic carbocycles. The number of β-amino-alcohol motifs (C(OH)–C–C–N with tert-alkyl or cyclic N) is 1. The largest absolute Gasteiger partial charge is 0.480 e. The molecule has 4 rings (SSSR count). The summed E-state index contributed by atoms with van der Waals surface area (Å²) in [6, 6.07) is 8.86. The maximum absolute atomic E-state index is 13.7. The number of rotatable bonds is 25. The molecule has 0 radical (unpaired) electrons. The van der Waals surface area contributed by atoms with E-state index >= 15 is 0 Å². The minimum absolute atomic E-state index is 0.00680. The molecule has 0 spiro atoms. The van der Waals surface area contributed by atoms with E-state index in [1.807, 2.05) is 0 Å². The summed E-state index contributed by atoms with van der Waals surface area (Å²) in [6.45, 7) is 0.936. The van der Waals surface area contributed by atoms with Gasteiger partial charge in [0.25, 0.3) is 11.8 Å². The topological polar surface area (TPSA) is 364 Å². The number of carboxylic acid groups (broad SMARTS) is 3. The van der Waals surface area contributed by atoms with Gasteiger partial charge >= 0.3 is 25.0 Å². The number of unbranched alkanes of at least 4 members (excludes halogenated alkanes) is 2. The van der Waals surface area contributed by atoms with Crippen molar-refractivity contribution in [1.82, 2.24) is 50.7 Å². The van der Waals surface area contributed by atoms with Gasteiger partial charge in [0.1, 0.15) is 6.04 Å². The summed E-state index contributed by atoms with van der Waals surface area (Å²) in [7, 11) is 1.63. The lowest BCUT2D eigenvalue weighted by molar-refractivity contribution is -0.140. The van der Waals surface area contributed by atoms with Crippen molar-refractivity contribution in [3.63, 3.8) is 0 Å². The van der Waals surface area contributed by atoms with E-state index in [1.165, 1.54) is 12.1 Å². The van der Waals surface area contributed by atoms with Crippen molar-refractivity contribution in [2.45, 2.75) is 56.6 Å². The summed E-state index contributed by atoms with van der Waals surface area (Å²) in [4.78, 5) is 116. The second-order valence-corrected chi connectivity index (χ2v) is 18.6. The highest BCUT2D eigenvalue weighted by atomic mass is 16.4. The van der Waals surface area contributed by atoms with Crippen LogP contribution in [0.3, 0.4) is 0 Å². The minimum atomic E-state index is -1.85. The number of hydrogen-bond donors (Lipinski definition) is 11. The van der Waals surface area contributed by atoms with Crippen molar-refractivity contribution >= 4 is 71.3 Å². The molecule has 0 saturated carbocycles. The molecule has 0 bridgehead atoms. The van der Waals surface area contributed by atoms with E-state index in [0.717, 1.165) is 4.90 Å². The average Bonchev–Trinajstić information content (AvgIpc) is 3.75. The van der Waals surface area contributed by atoms with Gasteiger partial charge in [0, 0.05) is 104 Å². The summed E-state index contributed by atoms with van der Waals surface area (Å²) in [6.07, 6.45) is 1.42. The summed E-state index contributed by atoms with van der Waals surface area (Å²) >= 11 is 0. The van der Waals surface area contributed by atoms with Crippen molar-refractivity contribution in [2.24, 2.45) is 10.7 Å². The van der Waals surface area contributed by atoms with E-state index in [2.05, 4.69) is 26.3 Å². The Morgan fingerprint density at radius 2 is 1.16 bits per heavy atom. The number of carbonyl (C=O) groups excluding carboxylic acids is 5. The number of guanidine groups is 1. The fourth-order valence-electron chi connectivity index (χ4n) is 8.65. The highest BCUT2D eigenvalue weighted by molar-refractivity contribution is 6.43. The smallest absolute Gasteiger partial charge is 0.475 e. The number of carboxylic acids is 3. The van der Waals surface area contributed by atoms with E-state index in [4.69, 9.17) is 5.73 Å². The Bertz CT molecular complexity index is 2240. The summed E-state index contributed by atoms with van der Waals surface area (Å²) in [5.74, 6) is -6.38. The minimum Gasteiger partial charge on any atom is -0.480 e. The van der Waals surface area contributed by atoms with Gasteiger partial charge in [-0.05, 0) is 61.4 Å². The molecule has 2 saturated heterocycles. The van der Waals surface area contributed by atoms with Crippen molar-refractivity contribution < 1.29 is 68.8 Å². The number of aliphatic hydroxyl groups excluding tert-OH is 1. The fraction of sp³-hybridized carbons (Fsp3) is 0.596. The molecule has 0 aliphatic carbocycles. The number of aliphatic imine (C=N–C) groups is 1. The standard InChI is InChI=1S/C47H73BN12O14/c1-55(2)47(49)52-16-8-11-37(54-39(62)28-56-17-19-57(29-41(64)65)21-23-59(31-43(68)69)24-22-58(20-18-56)30-42(66)67)46(72)51-15-7-3-6-14-50-44(70)35-12-13-36(34-10-5-4-9-33(34)35)45(71)53-26-40(63)60-27-32(61)25-38(60)48(73)74/h4-5,9-10,12-13,32,37-38,61,73-74H,3,6-8,11,14-31H2,1-2H3,(H2,49,52)(H,50,70)(H,51,72)(H,53,71)(H,54,62)(H,64,65)(H,66,67)(H,68,69). The Balaban J connectivity index is 1.31. The van der Waals surface area contributed by atoms with Crippen molar-refractivity contribution in [3.05, 3.63) is 47.5 Å². The predicted octanol–water partition coefficient (Wildman–Crippen LogP) is -3.82. The van der Waals surface area contributed by atoms with Crippen LogP contribution in [0.1, 0.15) is 59.2 Å². The molecule has 74 heavy (non-hydrogen) atoms. The van der Waals surface area contributed by atoms with Crippen molar-refractivity contribution in [2.75, 3.05) is 125 Å². The number of aliphatic hydroxyl groups is 1. The zero-order chi connectivity index (χ0) is 54.3. The molecule has 5 amide bonds. The summed E-state index contributed by atoms with van der Waals surface area (Å²) in [5.41, 5.74) is 6.48. The zero-order valence-electron chi connectivity index (χ0n) is 42.2. The number of benzene rings is 2. The second kappa shape index (κ2) is 30.6. The quantitative estimate of drug-likeness (QED) is 0.0196. The van der Waals surface area contributed by atoms with Crippen molar-refractivity contribution in [3.8, 4) is 0 Å². The van der Waals surface area contributed by atoms with Gasteiger partial charge in [0.15, 0.2) is 5.96 Å². The molecular formula is C47H73BN12O14. The summed E-state index contributed by atoms with van der Waals surface area (Å²) in [5, 5.41) is 70.0. The Kier molecular flexibility index (Phi) is 24.9. The van der Waals surface area contributed by atoms with Gasteiger partial charge in [-0.25, -0.2) is 0 Å². The predicted molar refractivity (Wildman–Crippen MR) is 272 cm³/mol. The molecule has 26 nitrogen and oxygen atoms in total. The number of nitrogens with zero attached hydrogens (tertiary/aromatic N) is 7. The second-order valence-electron chi connectivity index (χ2n) is 18.6. The maximum Gasteiger partial charge on any atom is 0.475 e. The number of likely N-dealkylation sites (tertiary alicyclic amines) is 1. The molecule has 0 aromatic heterocycles. The Morgan fingerprint density at radius 1 is 0.689 bits per heavy atom. The van der Waals surface area contributed by atoms with Gasteiger partial charge in [0.05, 0.1) is 44.8 Å². The van der Waals surface area contributed by atoms with Gasteiger partial charge < -0.3 is 67.3 Å². The normalized spacial score (nSPS) is 18.1. The Hall–Kier alpha value is -6.49. The Morgan fingerprint density at radius 3 is 1.64 bits per heavy atom. The van der Waals surface area contributed by atoms with Gasteiger partial charge in [0.2, 0.25) is 17.7 Å².